The molecular formula is C16H30IN5O2S. The molecule has 0 saturated carbocycles. The second-order valence-electron chi connectivity index (χ2n) is 7.15. The fourth-order valence-electron chi connectivity index (χ4n) is 1.81. The lowest BCUT2D eigenvalue weighted by Crippen LogP contribution is -2.54. The number of hydrogen-bond acceptors (Lipinski definition) is 5. The van der Waals surface area contributed by atoms with E-state index in [0.29, 0.717) is 19.0 Å². The molecule has 0 saturated heterocycles. The number of hydrogen-bond donors (Lipinski definition) is 3. The van der Waals surface area contributed by atoms with Crippen molar-refractivity contribution in [3.63, 3.8) is 0 Å². The lowest BCUT2D eigenvalue weighted by Gasteiger charge is -2.29. The number of rotatable bonds is 5. The summed E-state index contributed by atoms with van der Waals surface area (Å²) in [5, 5.41) is 9.31. The first kappa shape index (κ1) is 23.9. The third-order valence-corrected chi connectivity index (χ3v) is 3.96. The maximum atomic E-state index is 11.9. The highest BCUT2D eigenvalue weighted by Crippen LogP contribution is 2.11. The van der Waals surface area contributed by atoms with Crippen LogP contribution in [0.15, 0.2) is 10.5 Å². The lowest BCUT2D eigenvalue weighted by molar-refractivity contribution is 0.0474. The Kier molecular flexibility index (Phi) is 9.70. The molecule has 0 aliphatic heterocycles. The second kappa shape index (κ2) is 10.1. The molecule has 0 atom stereocenters. The van der Waals surface area contributed by atoms with Crippen LogP contribution >= 0.6 is 35.3 Å². The molecule has 144 valence electrons. The summed E-state index contributed by atoms with van der Waals surface area (Å²) >= 11 is 1.61. The minimum atomic E-state index is -0.516. The molecule has 0 bridgehead atoms. The highest BCUT2D eigenvalue weighted by molar-refractivity contribution is 14.0. The molecule has 1 heterocycles. The van der Waals surface area contributed by atoms with Gasteiger partial charge in [0, 0.05) is 18.5 Å². The molecule has 0 radical (unpaired) electrons. The number of ether oxygens (including phenoxy) is 1. The van der Waals surface area contributed by atoms with Crippen LogP contribution in [0.4, 0.5) is 4.79 Å². The van der Waals surface area contributed by atoms with Gasteiger partial charge in [-0.05, 0) is 41.5 Å². The summed E-state index contributed by atoms with van der Waals surface area (Å²) < 4.78 is 5.29. The van der Waals surface area contributed by atoms with Gasteiger partial charge < -0.3 is 20.7 Å². The third kappa shape index (κ3) is 9.83. The average molecular weight is 483 g/mol. The summed E-state index contributed by atoms with van der Waals surface area (Å²) in [6.45, 7) is 12.5. The van der Waals surface area contributed by atoms with Gasteiger partial charge in [-0.2, -0.15) is 0 Å². The summed E-state index contributed by atoms with van der Waals surface area (Å²) in [6.07, 6.45) is -0.433. The smallest absolute Gasteiger partial charge is 0.408 e. The second-order valence-corrected chi connectivity index (χ2v) is 8.09. The lowest BCUT2D eigenvalue weighted by atomic mass is 10.1. The Bertz CT molecular complexity index is 581. The third-order valence-electron chi connectivity index (χ3n) is 3.02. The van der Waals surface area contributed by atoms with E-state index in [1.54, 1.807) is 18.4 Å². The Hall–Kier alpha value is -1.10. The van der Waals surface area contributed by atoms with Crippen LogP contribution in [0.3, 0.4) is 0 Å². The van der Waals surface area contributed by atoms with E-state index in [4.69, 9.17) is 4.74 Å². The molecule has 0 aliphatic rings. The number of aromatic nitrogens is 1. The van der Waals surface area contributed by atoms with Crippen LogP contribution in [0.2, 0.25) is 0 Å². The van der Waals surface area contributed by atoms with Crippen LogP contribution in [0, 0.1) is 6.92 Å². The highest BCUT2D eigenvalue weighted by atomic mass is 127. The molecule has 0 spiro atoms. The number of thiazole rings is 1. The van der Waals surface area contributed by atoms with E-state index in [2.05, 4.69) is 25.9 Å². The van der Waals surface area contributed by atoms with Crippen molar-refractivity contribution in [1.29, 1.82) is 0 Å². The molecule has 9 heteroatoms. The van der Waals surface area contributed by atoms with E-state index in [9.17, 15) is 4.79 Å². The van der Waals surface area contributed by atoms with Crippen molar-refractivity contribution in [3.8, 4) is 0 Å². The SMILES string of the molecule is CN=C(NCc1scnc1C)NCC(C)(C)NC(=O)OC(C)(C)C.I. The van der Waals surface area contributed by atoms with Gasteiger partial charge in [0.25, 0.3) is 0 Å². The number of carbonyl (C=O) groups is 1. The highest BCUT2D eigenvalue weighted by Gasteiger charge is 2.24. The number of aliphatic imine (C=N–C) groups is 1. The number of guanidine groups is 1. The quantitative estimate of drug-likeness (QED) is 0.341. The largest absolute Gasteiger partial charge is 0.444 e. The first-order valence-corrected chi connectivity index (χ1v) is 8.75. The van der Waals surface area contributed by atoms with Crippen LogP contribution in [0.25, 0.3) is 0 Å². The Labute approximate surface area is 171 Å². The maximum absolute atomic E-state index is 11.9. The van der Waals surface area contributed by atoms with Gasteiger partial charge in [-0.3, -0.25) is 4.99 Å². The van der Waals surface area contributed by atoms with Crippen molar-refractivity contribution >= 4 is 47.4 Å². The predicted octanol–water partition coefficient (Wildman–Crippen LogP) is 3.04. The van der Waals surface area contributed by atoms with Gasteiger partial charge in [0.15, 0.2) is 5.96 Å². The fourth-order valence-corrected chi connectivity index (χ4v) is 2.53. The Morgan fingerprint density at radius 1 is 1.28 bits per heavy atom. The van der Waals surface area contributed by atoms with E-state index in [-0.39, 0.29) is 24.0 Å². The molecule has 3 N–H and O–H groups in total. The summed E-state index contributed by atoms with van der Waals surface area (Å²) in [7, 11) is 1.71. The van der Waals surface area contributed by atoms with Crippen LogP contribution in [-0.4, -0.2) is 41.8 Å². The first-order valence-electron chi connectivity index (χ1n) is 7.87. The van der Waals surface area contributed by atoms with Gasteiger partial charge in [0.2, 0.25) is 0 Å². The van der Waals surface area contributed by atoms with Crippen molar-refractivity contribution < 1.29 is 9.53 Å². The molecule has 7 nitrogen and oxygen atoms in total. The van der Waals surface area contributed by atoms with E-state index in [0.717, 1.165) is 5.69 Å². The number of halogens is 1. The molecule has 25 heavy (non-hydrogen) atoms. The number of amides is 1. The zero-order valence-electron chi connectivity index (χ0n) is 16.0. The van der Waals surface area contributed by atoms with Gasteiger partial charge in [-0.1, -0.05) is 0 Å². The van der Waals surface area contributed by atoms with Crippen molar-refractivity contribution in [2.45, 2.75) is 59.2 Å². The molecule has 1 rings (SSSR count). The number of nitrogens with one attached hydrogen (secondary N) is 3. The normalized spacial score (nSPS) is 12.2. The zero-order valence-corrected chi connectivity index (χ0v) is 19.2. The van der Waals surface area contributed by atoms with Crippen molar-refractivity contribution in [1.82, 2.24) is 20.9 Å². The fraction of sp³-hybridized carbons (Fsp3) is 0.688. The van der Waals surface area contributed by atoms with Crippen LogP contribution in [0.1, 0.15) is 45.2 Å². The van der Waals surface area contributed by atoms with Crippen molar-refractivity contribution in [2.24, 2.45) is 4.99 Å². The van der Waals surface area contributed by atoms with E-state index >= 15 is 0 Å². The first-order chi connectivity index (χ1) is 11.0. The van der Waals surface area contributed by atoms with E-state index in [1.807, 2.05) is 47.1 Å². The van der Waals surface area contributed by atoms with Gasteiger partial charge in [0.1, 0.15) is 5.60 Å². The minimum absolute atomic E-state index is 0. The molecule has 1 amide bonds. The Morgan fingerprint density at radius 2 is 1.92 bits per heavy atom. The monoisotopic (exact) mass is 483 g/mol. The maximum Gasteiger partial charge on any atom is 0.408 e. The molecule has 0 unspecified atom stereocenters. The number of nitrogens with zero attached hydrogens (tertiary/aromatic N) is 2. The van der Waals surface area contributed by atoms with Gasteiger partial charge in [-0.25, -0.2) is 9.78 Å². The number of aryl methyl sites for hydroxylation is 1. The molecule has 0 fully saturated rings. The average Bonchev–Trinajstić information content (AvgIpc) is 2.81. The van der Waals surface area contributed by atoms with Gasteiger partial charge in [0.05, 0.1) is 23.3 Å². The molecule has 0 aromatic carbocycles. The molecule has 1 aromatic rings. The topological polar surface area (TPSA) is 87.6 Å². The van der Waals surface area contributed by atoms with Gasteiger partial charge in [-0.15, -0.1) is 35.3 Å². The summed E-state index contributed by atoms with van der Waals surface area (Å²) in [4.78, 5) is 21.5. The van der Waals surface area contributed by atoms with Crippen molar-refractivity contribution in [3.05, 3.63) is 16.1 Å². The number of alkyl carbamates (subject to hydrolysis) is 1. The Balaban J connectivity index is 0.00000576. The van der Waals surface area contributed by atoms with Crippen LogP contribution in [0.5, 0.6) is 0 Å². The molecular weight excluding hydrogens is 453 g/mol. The zero-order chi connectivity index (χ0) is 18.4. The van der Waals surface area contributed by atoms with E-state index in [1.165, 1.54) is 4.88 Å². The van der Waals surface area contributed by atoms with Gasteiger partial charge >= 0.3 is 6.09 Å². The summed E-state index contributed by atoms with van der Waals surface area (Å²) in [5.74, 6) is 0.668. The Morgan fingerprint density at radius 3 is 2.40 bits per heavy atom. The van der Waals surface area contributed by atoms with Crippen molar-refractivity contribution in [2.75, 3.05) is 13.6 Å². The summed E-state index contributed by atoms with van der Waals surface area (Å²) in [5.41, 5.74) is 1.85. The molecule has 1 aromatic heterocycles. The molecule has 0 aliphatic carbocycles. The number of carbonyl (C=O) groups excluding carboxylic acids is 1. The van der Waals surface area contributed by atoms with Crippen LogP contribution < -0.4 is 16.0 Å². The summed E-state index contributed by atoms with van der Waals surface area (Å²) in [6, 6.07) is 0. The van der Waals surface area contributed by atoms with Crippen LogP contribution in [-0.2, 0) is 11.3 Å². The predicted molar refractivity (Wildman–Crippen MR) is 114 cm³/mol. The standard InChI is InChI=1S/C16H29N5O2S.HI/c1-11-12(24-10-20-11)8-18-13(17-7)19-9-16(5,6)21-14(22)23-15(2,3)4;/h10H,8-9H2,1-7H3,(H,21,22)(H2,17,18,19);1H. The minimum Gasteiger partial charge on any atom is -0.444 e. The van der Waals surface area contributed by atoms with E-state index < -0.39 is 17.2 Å².